The van der Waals surface area contributed by atoms with Crippen LogP contribution in [0, 0.1) is 0 Å². The van der Waals surface area contributed by atoms with E-state index in [4.69, 9.17) is 28.2 Å². The number of hydrogen-bond acceptors (Lipinski definition) is 8. The molecule has 13 heteroatoms. The average Bonchev–Trinajstić information content (AvgIpc) is 3.64. The van der Waals surface area contributed by atoms with E-state index in [1.807, 2.05) is 47.8 Å². The SMILES string of the molecule is O=C(Cn1cc(CSc2nc3cc(Cl)ccc3c(=O)n2Cc2ccccc2)nn1)Nc1nc(-c2ccc(Cl)cc2)cs1. The molecule has 0 unspecified atom stereocenters. The van der Waals surface area contributed by atoms with Crippen molar-refractivity contribution in [2.75, 3.05) is 5.32 Å². The molecule has 42 heavy (non-hydrogen) atoms. The maximum Gasteiger partial charge on any atom is 0.262 e. The summed E-state index contributed by atoms with van der Waals surface area (Å²) in [5.74, 6) is 0.118. The Morgan fingerprint density at radius 3 is 2.57 bits per heavy atom. The summed E-state index contributed by atoms with van der Waals surface area (Å²) in [6, 6.07) is 22.1. The predicted octanol–water partition coefficient (Wildman–Crippen LogP) is 6.40. The van der Waals surface area contributed by atoms with Gasteiger partial charge in [-0.2, -0.15) is 0 Å². The Kier molecular flexibility index (Phi) is 8.34. The van der Waals surface area contributed by atoms with E-state index in [0.717, 1.165) is 16.8 Å². The number of thioether (sulfide) groups is 1. The molecule has 6 rings (SSSR count). The third-order valence-corrected chi connectivity index (χ3v) is 8.45. The zero-order chi connectivity index (χ0) is 29.1. The molecule has 0 saturated heterocycles. The van der Waals surface area contributed by atoms with Crippen LogP contribution < -0.4 is 10.9 Å². The molecule has 3 aromatic carbocycles. The van der Waals surface area contributed by atoms with Gasteiger partial charge in [-0.25, -0.2) is 14.6 Å². The van der Waals surface area contributed by atoms with Gasteiger partial charge in [0.1, 0.15) is 6.54 Å². The molecule has 1 amide bonds. The number of halogens is 2. The lowest BCUT2D eigenvalue weighted by Gasteiger charge is -2.13. The Morgan fingerprint density at radius 2 is 1.76 bits per heavy atom. The number of thiazole rings is 1. The number of benzene rings is 3. The van der Waals surface area contributed by atoms with Gasteiger partial charge in [0.15, 0.2) is 10.3 Å². The summed E-state index contributed by atoms with van der Waals surface area (Å²) in [6.45, 7) is 0.343. The topological polar surface area (TPSA) is 108 Å². The van der Waals surface area contributed by atoms with E-state index in [0.29, 0.717) is 49.2 Å². The van der Waals surface area contributed by atoms with E-state index in [9.17, 15) is 9.59 Å². The summed E-state index contributed by atoms with van der Waals surface area (Å²) >= 11 is 14.8. The Labute approximate surface area is 258 Å². The molecule has 0 fully saturated rings. The molecule has 0 aliphatic heterocycles. The molecular formula is C29H21Cl2N7O2S2. The van der Waals surface area contributed by atoms with E-state index in [-0.39, 0.29) is 18.0 Å². The summed E-state index contributed by atoms with van der Waals surface area (Å²) < 4.78 is 3.12. The second-order valence-electron chi connectivity index (χ2n) is 9.22. The Balaban J connectivity index is 1.14. The Bertz CT molecular complexity index is 1940. The van der Waals surface area contributed by atoms with Crippen LogP contribution in [0.25, 0.3) is 22.2 Å². The molecule has 6 aromatic rings. The lowest BCUT2D eigenvalue weighted by atomic mass is 10.2. The fraction of sp³-hybridized carbons (Fsp3) is 0.103. The van der Waals surface area contributed by atoms with Crippen LogP contribution >= 0.6 is 46.3 Å². The van der Waals surface area contributed by atoms with Crippen LogP contribution in [0.15, 0.2) is 94.3 Å². The normalized spacial score (nSPS) is 11.2. The number of fused-ring (bicyclic) bond motifs is 1. The van der Waals surface area contributed by atoms with Gasteiger partial charge in [-0.15, -0.1) is 16.4 Å². The highest BCUT2D eigenvalue weighted by Gasteiger charge is 2.15. The minimum absolute atomic E-state index is 0.0288. The maximum absolute atomic E-state index is 13.4. The van der Waals surface area contributed by atoms with Gasteiger partial charge >= 0.3 is 0 Å². The van der Waals surface area contributed by atoms with Crippen molar-refractivity contribution < 1.29 is 4.79 Å². The zero-order valence-corrected chi connectivity index (χ0v) is 24.9. The molecule has 0 bridgehead atoms. The van der Waals surface area contributed by atoms with Crippen LogP contribution in [0.5, 0.6) is 0 Å². The summed E-state index contributed by atoms with van der Waals surface area (Å²) in [7, 11) is 0. The number of aromatic nitrogens is 6. The third kappa shape index (κ3) is 6.55. The highest BCUT2D eigenvalue weighted by molar-refractivity contribution is 7.98. The summed E-state index contributed by atoms with van der Waals surface area (Å²) in [5, 5.41) is 15.7. The molecular weight excluding hydrogens is 613 g/mol. The average molecular weight is 635 g/mol. The van der Waals surface area contributed by atoms with Gasteiger partial charge in [-0.05, 0) is 35.9 Å². The van der Waals surface area contributed by atoms with E-state index >= 15 is 0 Å². The second-order valence-corrected chi connectivity index (χ2v) is 11.9. The minimum Gasteiger partial charge on any atom is -0.300 e. The number of hydrogen-bond donors (Lipinski definition) is 1. The van der Waals surface area contributed by atoms with E-state index in [1.165, 1.54) is 27.8 Å². The number of rotatable bonds is 9. The number of nitrogens with one attached hydrogen (secondary N) is 1. The van der Waals surface area contributed by atoms with Crippen molar-refractivity contribution in [1.82, 2.24) is 29.5 Å². The first-order chi connectivity index (χ1) is 20.4. The molecule has 0 spiro atoms. The van der Waals surface area contributed by atoms with Gasteiger partial charge < -0.3 is 5.32 Å². The zero-order valence-electron chi connectivity index (χ0n) is 21.8. The smallest absolute Gasteiger partial charge is 0.262 e. The van der Waals surface area contributed by atoms with Gasteiger partial charge in [-0.3, -0.25) is 14.2 Å². The largest absolute Gasteiger partial charge is 0.300 e. The fourth-order valence-corrected chi connectivity index (χ4v) is 6.10. The standard InChI is InChI=1S/C29H21Cl2N7O2S2/c30-20-8-6-19(7-9-20)25-17-41-28(32-25)34-26(39)15-37-14-22(35-36-37)16-42-29-33-24-12-21(31)10-11-23(24)27(40)38(29)13-18-4-2-1-3-5-18/h1-12,14,17H,13,15-16H2,(H,32,34,39). The van der Waals surface area contributed by atoms with Crippen molar-refractivity contribution in [2.24, 2.45) is 0 Å². The number of carbonyl (C=O) groups is 1. The Hall–Kier alpha value is -4.03. The van der Waals surface area contributed by atoms with Crippen molar-refractivity contribution in [3.8, 4) is 11.3 Å². The summed E-state index contributed by atoms with van der Waals surface area (Å²) in [4.78, 5) is 35.3. The summed E-state index contributed by atoms with van der Waals surface area (Å²) in [6.07, 6.45) is 1.70. The molecule has 0 atom stereocenters. The van der Waals surface area contributed by atoms with Crippen molar-refractivity contribution in [3.05, 3.63) is 116 Å². The molecule has 210 valence electrons. The highest BCUT2D eigenvalue weighted by Crippen LogP contribution is 2.26. The molecule has 1 N–H and O–H groups in total. The lowest BCUT2D eigenvalue weighted by molar-refractivity contribution is -0.116. The van der Waals surface area contributed by atoms with Crippen molar-refractivity contribution >= 4 is 68.2 Å². The molecule has 0 aliphatic rings. The quantitative estimate of drug-likeness (QED) is 0.145. The molecule has 9 nitrogen and oxygen atoms in total. The van der Waals surface area contributed by atoms with E-state index in [2.05, 4.69) is 20.6 Å². The number of amides is 1. The number of carbonyl (C=O) groups excluding carboxylic acids is 1. The Morgan fingerprint density at radius 1 is 0.976 bits per heavy atom. The van der Waals surface area contributed by atoms with Crippen molar-refractivity contribution in [2.45, 2.75) is 24.0 Å². The van der Waals surface area contributed by atoms with Gasteiger partial charge in [-0.1, -0.05) is 82.6 Å². The van der Waals surface area contributed by atoms with Crippen LogP contribution in [0.2, 0.25) is 10.0 Å². The second kappa shape index (κ2) is 12.5. The molecule has 0 saturated carbocycles. The van der Waals surface area contributed by atoms with E-state index < -0.39 is 0 Å². The van der Waals surface area contributed by atoms with Crippen molar-refractivity contribution in [3.63, 3.8) is 0 Å². The van der Waals surface area contributed by atoms with Crippen LogP contribution in [0.3, 0.4) is 0 Å². The van der Waals surface area contributed by atoms with Crippen LogP contribution in [-0.2, 0) is 23.6 Å². The van der Waals surface area contributed by atoms with E-state index in [1.54, 1.807) is 41.1 Å². The maximum atomic E-state index is 13.4. The predicted molar refractivity (Wildman–Crippen MR) is 167 cm³/mol. The first kappa shape index (κ1) is 28.1. The lowest BCUT2D eigenvalue weighted by Crippen LogP contribution is -2.24. The fourth-order valence-electron chi connectivity index (χ4n) is 4.20. The number of nitrogens with zero attached hydrogens (tertiary/aromatic N) is 6. The van der Waals surface area contributed by atoms with Crippen LogP contribution in [-0.4, -0.2) is 35.4 Å². The minimum atomic E-state index is -0.277. The van der Waals surface area contributed by atoms with Crippen LogP contribution in [0.4, 0.5) is 5.13 Å². The molecule has 3 heterocycles. The molecule has 0 radical (unpaired) electrons. The molecule has 0 aliphatic carbocycles. The first-order valence-electron chi connectivity index (χ1n) is 12.7. The van der Waals surface area contributed by atoms with Gasteiger partial charge in [0, 0.05) is 32.9 Å². The summed E-state index contributed by atoms with van der Waals surface area (Å²) in [5.41, 5.74) is 3.66. The van der Waals surface area contributed by atoms with Gasteiger partial charge in [0.05, 0.1) is 28.8 Å². The van der Waals surface area contributed by atoms with Crippen LogP contribution in [0.1, 0.15) is 11.3 Å². The van der Waals surface area contributed by atoms with Gasteiger partial charge in [0.25, 0.3) is 5.56 Å². The van der Waals surface area contributed by atoms with Gasteiger partial charge in [0.2, 0.25) is 5.91 Å². The first-order valence-corrected chi connectivity index (χ1v) is 15.3. The monoisotopic (exact) mass is 633 g/mol. The number of anilines is 1. The third-order valence-electron chi connectivity index (χ3n) is 6.20. The molecule has 3 aromatic heterocycles. The van der Waals surface area contributed by atoms with Crippen molar-refractivity contribution in [1.29, 1.82) is 0 Å². The highest BCUT2D eigenvalue weighted by atomic mass is 35.5.